The van der Waals surface area contributed by atoms with Gasteiger partial charge >= 0.3 is 0 Å². The topological polar surface area (TPSA) is 18.5 Å². The van der Waals surface area contributed by atoms with Gasteiger partial charge in [-0.2, -0.15) is 0 Å². The highest BCUT2D eigenvalue weighted by Crippen LogP contribution is 1.90. The Balaban J connectivity index is 4.44. The Kier molecular flexibility index (Phi) is 5.46. The Labute approximate surface area is 70.6 Å². The first-order chi connectivity index (χ1) is 5.11. The summed E-state index contributed by atoms with van der Waals surface area (Å²) in [6.45, 7) is 6.29. The van der Waals surface area contributed by atoms with Crippen LogP contribution in [0.1, 0.15) is 20.8 Å². The SMILES string of the molecule is COC(OC)C(C)=[Si]=C(C)C. The molecule has 0 saturated carbocycles. The summed E-state index contributed by atoms with van der Waals surface area (Å²) >= 11 is 0. The lowest BCUT2D eigenvalue weighted by Gasteiger charge is -2.11. The van der Waals surface area contributed by atoms with Crippen LogP contribution >= 0.6 is 0 Å². The van der Waals surface area contributed by atoms with Crippen molar-refractivity contribution in [3.05, 3.63) is 0 Å². The van der Waals surface area contributed by atoms with Gasteiger partial charge in [-0.1, -0.05) is 5.17 Å². The van der Waals surface area contributed by atoms with Gasteiger partial charge in [0, 0.05) is 14.2 Å². The molecule has 0 unspecified atom stereocenters. The largest absolute Gasteiger partial charge is 0.352 e. The molecule has 0 aromatic rings. The fourth-order valence-electron chi connectivity index (χ4n) is 0.903. The molecule has 0 radical (unpaired) electrons. The quantitative estimate of drug-likeness (QED) is 0.461. The zero-order valence-electron chi connectivity index (χ0n) is 7.89. The molecule has 64 valence electrons. The maximum Gasteiger partial charge on any atom is 0.180 e. The first kappa shape index (κ1) is 10.9. The van der Waals surface area contributed by atoms with Gasteiger partial charge in [-0.05, 0) is 34.7 Å². The van der Waals surface area contributed by atoms with Gasteiger partial charge in [0.1, 0.15) is 0 Å². The molecule has 0 aliphatic carbocycles. The molecule has 0 bridgehead atoms. The number of rotatable bonds is 3. The summed E-state index contributed by atoms with van der Waals surface area (Å²) in [5.74, 6) is 0. The van der Waals surface area contributed by atoms with Crippen LogP contribution in [-0.4, -0.2) is 39.6 Å². The molecule has 0 saturated heterocycles. The number of hydrogen-bond donors (Lipinski definition) is 0. The second-order valence-electron chi connectivity index (χ2n) is 2.61. The molecular formula is C8H16O2Si. The molecule has 0 aliphatic heterocycles. The lowest BCUT2D eigenvalue weighted by atomic mass is 10.5. The number of methoxy groups -OCH3 is 2. The third-order valence-electron chi connectivity index (χ3n) is 1.23. The minimum Gasteiger partial charge on any atom is -0.352 e. The van der Waals surface area contributed by atoms with Crippen molar-refractivity contribution in [2.75, 3.05) is 14.2 Å². The predicted molar refractivity (Wildman–Crippen MR) is 50.6 cm³/mol. The molecule has 0 rings (SSSR count). The Morgan fingerprint density at radius 2 is 1.55 bits per heavy atom. The molecular weight excluding hydrogens is 156 g/mol. The lowest BCUT2D eigenvalue weighted by Crippen LogP contribution is -2.24. The summed E-state index contributed by atoms with van der Waals surface area (Å²) in [4.78, 5) is 0. The van der Waals surface area contributed by atoms with Crippen molar-refractivity contribution in [3.63, 3.8) is 0 Å². The predicted octanol–water partition coefficient (Wildman–Crippen LogP) is 0.714. The highest BCUT2D eigenvalue weighted by atomic mass is 28.1. The third-order valence-corrected chi connectivity index (χ3v) is 2.36. The molecule has 2 nitrogen and oxygen atoms in total. The lowest BCUT2D eigenvalue weighted by molar-refractivity contribution is -0.0508. The Morgan fingerprint density at radius 3 is 1.82 bits per heavy atom. The van der Waals surface area contributed by atoms with Crippen molar-refractivity contribution < 1.29 is 9.47 Å². The van der Waals surface area contributed by atoms with E-state index in [9.17, 15) is 0 Å². The summed E-state index contributed by atoms with van der Waals surface area (Å²) < 4.78 is 10.2. The van der Waals surface area contributed by atoms with Gasteiger partial charge < -0.3 is 9.47 Å². The Hall–Kier alpha value is -0.123. The van der Waals surface area contributed by atoms with Gasteiger partial charge in [-0.3, -0.25) is 0 Å². The standard InChI is InChI=1S/C8H16O2Si/c1-6(2)11-7(3)8(9-4)10-5/h8H,1-5H3. The van der Waals surface area contributed by atoms with Crippen LogP contribution in [0.25, 0.3) is 0 Å². The van der Waals surface area contributed by atoms with Crippen molar-refractivity contribution >= 4 is 19.1 Å². The van der Waals surface area contributed by atoms with Gasteiger partial charge in [-0.25, -0.2) is 0 Å². The van der Waals surface area contributed by atoms with Gasteiger partial charge in [-0.15, -0.1) is 0 Å². The summed E-state index contributed by atoms with van der Waals surface area (Å²) in [5, 5.41) is 2.65. The van der Waals surface area contributed by atoms with Gasteiger partial charge in [0.05, 0.1) is 0 Å². The van der Waals surface area contributed by atoms with Gasteiger partial charge in [0.15, 0.2) is 6.29 Å². The van der Waals surface area contributed by atoms with E-state index in [4.69, 9.17) is 9.47 Å². The molecule has 0 spiro atoms. The zero-order chi connectivity index (χ0) is 8.85. The van der Waals surface area contributed by atoms with Crippen LogP contribution in [0.4, 0.5) is 0 Å². The normalized spacial score (nSPS) is 9.64. The molecule has 0 fully saturated rings. The van der Waals surface area contributed by atoms with Crippen LogP contribution in [0.15, 0.2) is 0 Å². The van der Waals surface area contributed by atoms with E-state index in [1.54, 1.807) is 14.2 Å². The van der Waals surface area contributed by atoms with Crippen LogP contribution in [0, 0.1) is 0 Å². The minimum atomic E-state index is -0.136. The zero-order valence-corrected chi connectivity index (χ0v) is 8.89. The highest BCUT2D eigenvalue weighted by molar-refractivity contribution is 6.64. The summed E-state index contributed by atoms with van der Waals surface area (Å²) in [6.07, 6.45) is -0.136. The van der Waals surface area contributed by atoms with E-state index in [2.05, 4.69) is 20.8 Å². The van der Waals surface area contributed by atoms with E-state index < -0.39 is 0 Å². The fourth-order valence-corrected chi connectivity index (χ4v) is 2.05. The third kappa shape index (κ3) is 4.34. The van der Waals surface area contributed by atoms with Crippen LogP contribution in [0.5, 0.6) is 0 Å². The molecule has 0 aliphatic rings. The van der Waals surface area contributed by atoms with Crippen molar-refractivity contribution in [1.82, 2.24) is 0 Å². The second-order valence-corrected chi connectivity index (χ2v) is 4.65. The van der Waals surface area contributed by atoms with Gasteiger partial charge in [0.25, 0.3) is 0 Å². The van der Waals surface area contributed by atoms with Crippen LogP contribution in [-0.2, 0) is 9.47 Å². The maximum atomic E-state index is 5.10. The first-order valence-electron chi connectivity index (χ1n) is 3.58. The summed E-state index contributed by atoms with van der Waals surface area (Å²) in [7, 11) is 4.06. The molecule has 0 amide bonds. The van der Waals surface area contributed by atoms with E-state index >= 15 is 0 Å². The molecule has 3 heteroatoms. The Bertz CT molecular complexity index is 173. The van der Waals surface area contributed by atoms with E-state index in [1.807, 2.05) is 0 Å². The van der Waals surface area contributed by atoms with Crippen LogP contribution in [0.3, 0.4) is 0 Å². The molecule has 0 N–H and O–H groups in total. The Morgan fingerprint density at radius 1 is 1.09 bits per heavy atom. The fraction of sp³-hybridized carbons (Fsp3) is 0.750. The minimum absolute atomic E-state index is 0.136. The summed E-state index contributed by atoms with van der Waals surface area (Å²) in [6, 6.07) is 0. The van der Waals surface area contributed by atoms with E-state index in [0.717, 1.165) is 8.74 Å². The number of hydrogen-bond acceptors (Lipinski definition) is 2. The molecule has 0 heterocycles. The average molecular weight is 172 g/mol. The van der Waals surface area contributed by atoms with Crippen molar-refractivity contribution in [3.8, 4) is 0 Å². The van der Waals surface area contributed by atoms with Crippen molar-refractivity contribution in [2.45, 2.75) is 27.1 Å². The van der Waals surface area contributed by atoms with Crippen LogP contribution < -0.4 is 0 Å². The van der Waals surface area contributed by atoms with E-state index in [0.29, 0.717) is 0 Å². The van der Waals surface area contributed by atoms with E-state index in [1.165, 1.54) is 10.3 Å². The molecule has 0 aromatic carbocycles. The summed E-state index contributed by atoms with van der Waals surface area (Å²) in [5.41, 5.74) is 0. The second kappa shape index (κ2) is 5.52. The van der Waals surface area contributed by atoms with Crippen molar-refractivity contribution in [2.24, 2.45) is 0 Å². The van der Waals surface area contributed by atoms with Crippen molar-refractivity contribution in [1.29, 1.82) is 0 Å². The maximum absolute atomic E-state index is 5.10. The number of ether oxygens (including phenoxy) is 2. The molecule has 11 heavy (non-hydrogen) atoms. The van der Waals surface area contributed by atoms with Gasteiger partial charge in [0.2, 0.25) is 0 Å². The van der Waals surface area contributed by atoms with Crippen LogP contribution in [0.2, 0.25) is 0 Å². The molecule has 0 atom stereocenters. The van der Waals surface area contributed by atoms with E-state index in [-0.39, 0.29) is 6.29 Å². The molecule has 0 aromatic heterocycles. The first-order valence-corrected chi connectivity index (χ1v) is 4.58. The smallest absolute Gasteiger partial charge is 0.180 e. The average Bonchev–Trinajstić information content (AvgIpc) is 1.88. The highest BCUT2D eigenvalue weighted by Gasteiger charge is 2.04. The monoisotopic (exact) mass is 172 g/mol.